The van der Waals surface area contributed by atoms with Gasteiger partial charge in [0.2, 0.25) is 0 Å². The Kier molecular flexibility index (Phi) is 6.68. The molecule has 0 heterocycles. The van der Waals surface area contributed by atoms with Crippen LogP contribution in [0.5, 0.6) is 0 Å². The van der Waals surface area contributed by atoms with Crippen molar-refractivity contribution in [2.45, 2.75) is 19.9 Å². The van der Waals surface area contributed by atoms with Crippen LogP contribution in [0.3, 0.4) is 0 Å². The van der Waals surface area contributed by atoms with Crippen molar-refractivity contribution in [2.24, 2.45) is 0 Å². The third-order valence-electron chi connectivity index (χ3n) is 3.23. The van der Waals surface area contributed by atoms with Crippen molar-refractivity contribution in [1.82, 2.24) is 5.32 Å². The molecule has 0 saturated carbocycles. The van der Waals surface area contributed by atoms with E-state index < -0.39 is 24.5 Å². The highest BCUT2D eigenvalue weighted by Gasteiger charge is 2.21. The first-order chi connectivity index (χ1) is 10.1. The lowest BCUT2D eigenvalue weighted by Gasteiger charge is -2.21. The standard InChI is InChI=1S/C15H22N2O4/c1-4-17(5-2)12-8-6-11(7-9-12)14(19)16-13(10-18)15(20)21-3/h6-9,13,18H,4-5,10H2,1-3H3,(H,16,19). The Morgan fingerprint density at radius 3 is 2.24 bits per heavy atom. The highest BCUT2D eigenvalue weighted by atomic mass is 16.5. The maximum atomic E-state index is 12.0. The smallest absolute Gasteiger partial charge is 0.330 e. The van der Waals surface area contributed by atoms with E-state index in [9.17, 15) is 9.59 Å². The molecular weight excluding hydrogens is 272 g/mol. The van der Waals surface area contributed by atoms with Crippen LogP contribution in [0.25, 0.3) is 0 Å². The number of aliphatic hydroxyl groups is 1. The summed E-state index contributed by atoms with van der Waals surface area (Å²) >= 11 is 0. The normalized spacial score (nSPS) is 11.6. The fraction of sp³-hybridized carbons (Fsp3) is 0.467. The van der Waals surface area contributed by atoms with Gasteiger partial charge in [0.1, 0.15) is 0 Å². The summed E-state index contributed by atoms with van der Waals surface area (Å²) in [5, 5.41) is 11.5. The average molecular weight is 294 g/mol. The molecule has 21 heavy (non-hydrogen) atoms. The monoisotopic (exact) mass is 294 g/mol. The van der Waals surface area contributed by atoms with Crippen LogP contribution in [0.2, 0.25) is 0 Å². The van der Waals surface area contributed by atoms with Crippen LogP contribution >= 0.6 is 0 Å². The van der Waals surface area contributed by atoms with Gasteiger partial charge < -0.3 is 20.1 Å². The van der Waals surface area contributed by atoms with Crippen LogP contribution < -0.4 is 10.2 Å². The molecule has 0 fully saturated rings. The van der Waals surface area contributed by atoms with Crippen LogP contribution in [0, 0.1) is 0 Å². The summed E-state index contributed by atoms with van der Waals surface area (Å²) in [5.74, 6) is -1.10. The van der Waals surface area contributed by atoms with E-state index in [0.29, 0.717) is 5.56 Å². The zero-order valence-corrected chi connectivity index (χ0v) is 12.6. The van der Waals surface area contributed by atoms with Gasteiger partial charge in [0.25, 0.3) is 5.91 Å². The summed E-state index contributed by atoms with van der Waals surface area (Å²) in [6.07, 6.45) is 0. The van der Waals surface area contributed by atoms with Gasteiger partial charge in [0, 0.05) is 24.3 Å². The molecule has 6 nitrogen and oxygen atoms in total. The van der Waals surface area contributed by atoms with Crippen molar-refractivity contribution in [3.63, 3.8) is 0 Å². The molecule has 0 bridgehead atoms. The number of hydrogen-bond acceptors (Lipinski definition) is 5. The zero-order valence-electron chi connectivity index (χ0n) is 12.6. The highest BCUT2D eigenvalue weighted by Crippen LogP contribution is 2.15. The Morgan fingerprint density at radius 1 is 1.24 bits per heavy atom. The molecule has 0 saturated heterocycles. The number of nitrogens with zero attached hydrogens (tertiary/aromatic N) is 1. The first kappa shape index (κ1) is 17.0. The highest BCUT2D eigenvalue weighted by molar-refractivity contribution is 5.97. The van der Waals surface area contributed by atoms with E-state index in [1.54, 1.807) is 12.1 Å². The average Bonchev–Trinajstić information content (AvgIpc) is 2.53. The van der Waals surface area contributed by atoms with E-state index in [0.717, 1.165) is 18.8 Å². The van der Waals surface area contributed by atoms with Crippen molar-refractivity contribution in [3.05, 3.63) is 29.8 Å². The number of methoxy groups -OCH3 is 1. The fourth-order valence-electron chi connectivity index (χ4n) is 1.98. The lowest BCUT2D eigenvalue weighted by molar-refractivity contribution is -0.143. The number of carbonyl (C=O) groups is 2. The summed E-state index contributed by atoms with van der Waals surface area (Å²) < 4.78 is 4.50. The van der Waals surface area contributed by atoms with Crippen LogP contribution in [-0.4, -0.2) is 49.8 Å². The maximum absolute atomic E-state index is 12.0. The lowest BCUT2D eigenvalue weighted by Crippen LogP contribution is -2.44. The van der Waals surface area contributed by atoms with Gasteiger partial charge in [-0.05, 0) is 38.1 Å². The largest absolute Gasteiger partial charge is 0.467 e. The van der Waals surface area contributed by atoms with Crippen molar-refractivity contribution in [3.8, 4) is 0 Å². The minimum Gasteiger partial charge on any atom is -0.467 e. The number of ether oxygens (including phenoxy) is 1. The van der Waals surface area contributed by atoms with E-state index in [1.165, 1.54) is 7.11 Å². The van der Waals surface area contributed by atoms with Gasteiger partial charge in [-0.1, -0.05) is 0 Å². The molecule has 116 valence electrons. The Balaban J connectivity index is 2.77. The molecule has 1 unspecified atom stereocenters. The van der Waals surface area contributed by atoms with Gasteiger partial charge in [0.15, 0.2) is 6.04 Å². The summed E-state index contributed by atoms with van der Waals surface area (Å²) in [5.41, 5.74) is 1.46. The topological polar surface area (TPSA) is 78.9 Å². The molecule has 1 aromatic rings. The van der Waals surface area contributed by atoms with Gasteiger partial charge in [-0.15, -0.1) is 0 Å². The molecule has 0 aliphatic rings. The molecule has 2 N–H and O–H groups in total. The lowest BCUT2D eigenvalue weighted by atomic mass is 10.1. The molecule has 1 amide bonds. The molecule has 0 aliphatic carbocycles. The molecule has 0 aliphatic heterocycles. The van der Waals surface area contributed by atoms with E-state index in [4.69, 9.17) is 5.11 Å². The van der Waals surface area contributed by atoms with Gasteiger partial charge in [-0.2, -0.15) is 0 Å². The fourth-order valence-corrected chi connectivity index (χ4v) is 1.98. The molecule has 0 radical (unpaired) electrons. The van der Waals surface area contributed by atoms with E-state index >= 15 is 0 Å². The van der Waals surface area contributed by atoms with E-state index in [2.05, 4.69) is 28.8 Å². The third kappa shape index (κ3) is 4.46. The number of esters is 1. The number of hydrogen-bond donors (Lipinski definition) is 2. The predicted octanol–water partition coefficient (Wildman–Crippen LogP) is 0.796. The Morgan fingerprint density at radius 2 is 1.81 bits per heavy atom. The van der Waals surface area contributed by atoms with Crippen LogP contribution in [0.1, 0.15) is 24.2 Å². The molecule has 1 aromatic carbocycles. The quantitative estimate of drug-likeness (QED) is 0.727. The van der Waals surface area contributed by atoms with E-state index in [1.807, 2.05) is 12.1 Å². The molecule has 0 aromatic heterocycles. The second-order valence-electron chi connectivity index (χ2n) is 4.45. The number of carbonyl (C=O) groups excluding carboxylic acids is 2. The number of amides is 1. The molecule has 1 rings (SSSR count). The second kappa shape index (κ2) is 8.26. The summed E-state index contributed by atoms with van der Waals surface area (Å²) in [4.78, 5) is 25.5. The molecule has 1 atom stereocenters. The number of aliphatic hydroxyl groups excluding tert-OH is 1. The van der Waals surface area contributed by atoms with E-state index in [-0.39, 0.29) is 0 Å². The van der Waals surface area contributed by atoms with Gasteiger partial charge >= 0.3 is 5.97 Å². The number of anilines is 1. The molecule has 6 heteroatoms. The molecule has 0 spiro atoms. The Bertz CT molecular complexity index is 469. The number of benzene rings is 1. The van der Waals surface area contributed by atoms with Crippen molar-refractivity contribution in [1.29, 1.82) is 0 Å². The first-order valence-corrected chi connectivity index (χ1v) is 6.91. The third-order valence-corrected chi connectivity index (χ3v) is 3.23. The molecular formula is C15H22N2O4. The van der Waals surface area contributed by atoms with Crippen molar-refractivity contribution >= 4 is 17.6 Å². The van der Waals surface area contributed by atoms with Gasteiger partial charge in [-0.3, -0.25) is 4.79 Å². The van der Waals surface area contributed by atoms with Crippen LogP contribution in [0.4, 0.5) is 5.69 Å². The Labute approximate surface area is 124 Å². The minimum absolute atomic E-state index is 0.424. The van der Waals surface area contributed by atoms with Crippen molar-refractivity contribution < 1.29 is 19.4 Å². The first-order valence-electron chi connectivity index (χ1n) is 6.91. The summed E-state index contributed by atoms with van der Waals surface area (Å²) in [6, 6.07) is 6.04. The van der Waals surface area contributed by atoms with Gasteiger partial charge in [-0.25, -0.2) is 4.79 Å². The summed E-state index contributed by atoms with van der Waals surface area (Å²) in [7, 11) is 1.20. The number of rotatable bonds is 7. The SMILES string of the molecule is CCN(CC)c1ccc(C(=O)NC(CO)C(=O)OC)cc1. The van der Waals surface area contributed by atoms with Crippen LogP contribution in [0.15, 0.2) is 24.3 Å². The Hall–Kier alpha value is -2.08. The minimum atomic E-state index is -1.05. The summed E-state index contributed by atoms with van der Waals surface area (Å²) in [6.45, 7) is 5.39. The van der Waals surface area contributed by atoms with Crippen LogP contribution in [-0.2, 0) is 9.53 Å². The predicted molar refractivity (Wildman–Crippen MR) is 80.4 cm³/mol. The maximum Gasteiger partial charge on any atom is 0.330 e. The number of nitrogens with one attached hydrogen (secondary N) is 1. The zero-order chi connectivity index (χ0) is 15.8. The second-order valence-corrected chi connectivity index (χ2v) is 4.45. The van der Waals surface area contributed by atoms with Crippen molar-refractivity contribution in [2.75, 3.05) is 31.7 Å². The van der Waals surface area contributed by atoms with Gasteiger partial charge in [0.05, 0.1) is 13.7 Å².